The maximum absolute atomic E-state index is 12.4. The number of carbonyl (C=O) groups excluding carboxylic acids is 1. The minimum atomic E-state index is 0.197. The van der Waals surface area contributed by atoms with Crippen molar-refractivity contribution in [2.45, 2.75) is 51.1 Å². The van der Waals surface area contributed by atoms with Crippen molar-refractivity contribution in [3.63, 3.8) is 0 Å². The highest BCUT2D eigenvalue weighted by molar-refractivity contribution is 7.99. The molecule has 3 aromatic rings. The highest BCUT2D eigenvalue weighted by atomic mass is 32.2. The third-order valence-electron chi connectivity index (χ3n) is 5.72. The fraction of sp³-hybridized carbons (Fsp3) is 0.579. The van der Waals surface area contributed by atoms with Crippen molar-refractivity contribution in [3.05, 3.63) is 16.3 Å². The predicted octanol–water partition coefficient (Wildman–Crippen LogP) is 3.49. The van der Waals surface area contributed by atoms with Gasteiger partial charge in [-0.25, -0.2) is 4.98 Å². The van der Waals surface area contributed by atoms with Gasteiger partial charge in [-0.3, -0.25) is 9.20 Å². The molecular weight excluding hydrogens is 378 g/mol. The number of thioether (sulfide) groups is 1. The lowest BCUT2D eigenvalue weighted by molar-refractivity contribution is -0.127. The van der Waals surface area contributed by atoms with E-state index >= 15 is 0 Å². The zero-order valence-corrected chi connectivity index (χ0v) is 17.3. The van der Waals surface area contributed by atoms with Gasteiger partial charge >= 0.3 is 0 Å². The average molecular weight is 402 g/mol. The maximum atomic E-state index is 12.4. The Bertz CT molecular complexity index is 1030. The zero-order chi connectivity index (χ0) is 18.5. The van der Waals surface area contributed by atoms with Crippen molar-refractivity contribution in [1.82, 2.24) is 24.5 Å². The normalized spacial score (nSPS) is 19.9. The Kier molecular flexibility index (Phi) is 4.35. The smallest absolute Gasteiger partial charge is 0.233 e. The molecule has 1 fully saturated rings. The number of aryl methyl sites for hydroxylation is 2. The molecule has 0 spiro atoms. The monoisotopic (exact) mass is 401 g/mol. The van der Waals surface area contributed by atoms with Crippen molar-refractivity contribution in [1.29, 1.82) is 0 Å². The second kappa shape index (κ2) is 6.74. The van der Waals surface area contributed by atoms with E-state index in [1.165, 1.54) is 34.0 Å². The van der Waals surface area contributed by atoms with Gasteiger partial charge in [-0.1, -0.05) is 18.7 Å². The molecule has 0 saturated carbocycles. The van der Waals surface area contributed by atoms with Crippen molar-refractivity contribution in [3.8, 4) is 0 Å². The second-order valence-electron chi connectivity index (χ2n) is 7.71. The number of amides is 1. The predicted molar refractivity (Wildman–Crippen MR) is 109 cm³/mol. The largest absolute Gasteiger partial charge is 0.342 e. The molecule has 5 rings (SSSR count). The topological polar surface area (TPSA) is 63.4 Å². The first-order valence-corrected chi connectivity index (χ1v) is 11.5. The van der Waals surface area contributed by atoms with Gasteiger partial charge in [-0.05, 0) is 50.5 Å². The Balaban J connectivity index is 1.51. The van der Waals surface area contributed by atoms with Gasteiger partial charge in [-0.2, -0.15) is 0 Å². The number of rotatable bonds is 3. The van der Waals surface area contributed by atoms with Gasteiger partial charge in [0.2, 0.25) is 5.91 Å². The standard InChI is InChI=1S/C19H23N5OS2/c1-11-5-6-13-14(9-11)27-18-16(13)17-21-22-19(24(17)12(2)20-18)26-10-15(25)23-7-3-4-8-23/h11H,3-10H2,1-2H3/t11-/m0/s1. The van der Waals surface area contributed by atoms with Crippen LogP contribution in [0.15, 0.2) is 5.16 Å². The first-order chi connectivity index (χ1) is 13.1. The summed E-state index contributed by atoms with van der Waals surface area (Å²) >= 11 is 3.29. The molecule has 1 amide bonds. The van der Waals surface area contributed by atoms with Crippen LogP contribution < -0.4 is 0 Å². The van der Waals surface area contributed by atoms with Gasteiger partial charge in [0, 0.05) is 18.0 Å². The van der Waals surface area contributed by atoms with E-state index < -0.39 is 0 Å². The molecule has 0 unspecified atom stereocenters. The second-order valence-corrected chi connectivity index (χ2v) is 9.74. The molecule has 0 N–H and O–H groups in total. The van der Waals surface area contributed by atoms with E-state index in [1.54, 1.807) is 0 Å². The van der Waals surface area contributed by atoms with E-state index in [1.807, 2.05) is 27.6 Å². The molecule has 1 aliphatic carbocycles. The number of thiophene rings is 1. The summed E-state index contributed by atoms with van der Waals surface area (Å²) in [5.74, 6) is 2.24. The van der Waals surface area contributed by atoms with Crippen LogP contribution in [0.25, 0.3) is 15.9 Å². The summed E-state index contributed by atoms with van der Waals surface area (Å²) in [5.41, 5.74) is 2.32. The van der Waals surface area contributed by atoms with Gasteiger partial charge in [0.15, 0.2) is 10.8 Å². The Hall–Kier alpha value is -1.67. The lowest BCUT2D eigenvalue weighted by atomic mass is 9.89. The van der Waals surface area contributed by atoms with Gasteiger partial charge < -0.3 is 4.90 Å². The van der Waals surface area contributed by atoms with Crippen LogP contribution in [0.4, 0.5) is 0 Å². The lowest BCUT2D eigenvalue weighted by Crippen LogP contribution is -2.29. The number of nitrogens with zero attached hydrogens (tertiary/aromatic N) is 5. The number of carbonyl (C=O) groups is 1. The first kappa shape index (κ1) is 17.4. The van der Waals surface area contributed by atoms with Crippen LogP contribution in [-0.4, -0.2) is 49.2 Å². The highest BCUT2D eigenvalue weighted by Crippen LogP contribution is 2.39. The molecule has 6 nitrogen and oxygen atoms in total. The third-order valence-corrected chi connectivity index (χ3v) is 7.78. The summed E-state index contributed by atoms with van der Waals surface area (Å²) in [6.45, 7) is 6.11. The van der Waals surface area contributed by atoms with E-state index in [0.717, 1.165) is 66.1 Å². The van der Waals surface area contributed by atoms with Gasteiger partial charge in [-0.15, -0.1) is 21.5 Å². The van der Waals surface area contributed by atoms with E-state index in [9.17, 15) is 4.79 Å². The number of fused-ring (bicyclic) bond motifs is 5. The van der Waals surface area contributed by atoms with E-state index in [0.29, 0.717) is 5.75 Å². The lowest BCUT2D eigenvalue weighted by Gasteiger charge is -2.17. The fourth-order valence-corrected chi connectivity index (χ4v) is 6.55. The molecule has 142 valence electrons. The fourth-order valence-electron chi connectivity index (χ4n) is 4.24. The molecule has 27 heavy (non-hydrogen) atoms. The maximum Gasteiger partial charge on any atom is 0.233 e. The molecule has 0 bridgehead atoms. The van der Waals surface area contributed by atoms with Crippen LogP contribution in [0.3, 0.4) is 0 Å². The van der Waals surface area contributed by atoms with Crippen molar-refractivity contribution in [2.24, 2.45) is 5.92 Å². The zero-order valence-electron chi connectivity index (χ0n) is 15.7. The van der Waals surface area contributed by atoms with Crippen LogP contribution in [0.1, 0.15) is 42.5 Å². The molecular formula is C19H23N5OS2. The van der Waals surface area contributed by atoms with Crippen LogP contribution in [0.5, 0.6) is 0 Å². The Labute approximate surface area is 166 Å². The molecule has 0 radical (unpaired) electrons. The molecule has 0 aromatic carbocycles. The van der Waals surface area contributed by atoms with Crippen molar-refractivity contribution >= 4 is 44.9 Å². The quantitative estimate of drug-likeness (QED) is 0.629. The highest BCUT2D eigenvalue weighted by Gasteiger charge is 2.25. The molecule has 1 aliphatic heterocycles. The molecule has 8 heteroatoms. The molecule has 2 aliphatic rings. The Morgan fingerprint density at radius 2 is 2.11 bits per heavy atom. The summed E-state index contributed by atoms with van der Waals surface area (Å²) in [5, 5.41) is 10.9. The summed E-state index contributed by atoms with van der Waals surface area (Å²) in [6, 6.07) is 0. The molecule has 3 aromatic heterocycles. The van der Waals surface area contributed by atoms with E-state index in [4.69, 9.17) is 4.98 Å². The minimum absolute atomic E-state index is 0.197. The first-order valence-electron chi connectivity index (χ1n) is 9.68. The van der Waals surface area contributed by atoms with Crippen LogP contribution in [0.2, 0.25) is 0 Å². The average Bonchev–Trinajstić information content (AvgIpc) is 3.37. The van der Waals surface area contributed by atoms with Gasteiger partial charge in [0.25, 0.3) is 0 Å². The minimum Gasteiger partial charge on any atom is -0.342 e. The Morgan fingerprint density at radius 3 is 2.93 bits per heavy atom. The molecule has 1 atom stereocenters. The summed E-state index contributed by atoms with van der Waals surface area (Å²) in [4.78, 5) is 21.7. The Morgan fingerprint density at radius 1 is 1.30 bits per heavy atom. The van der Waals surface area contributed by atoms with Crippen LogP contribution in [0, 0.1) is 12.8 Å². The number of hydrogen-bond donors (Lipinski definition) is 0. The van der Waals surface area contributed by atoms with Gasteiger partial charge in [0.05, 0.1) is 11.1 Å². The number of aromatic nitrogens is 4. The summed E-state index contributed by atoms with van der Waals surface area (Å²) in [7, 11) is 0. The number of hydrogen-bond acceptors (Lipinski definition) is 6. The van der Waals surface area contributed by atoms with Crippen LogP contribution in [-0.2, 0) is 17.6 Å². The van der Waals surface area contributed by atoms with E-state index in [2.05, 4.69) is 17.1 Å². The summed E-state index contributed by atoms with van der Waals surface area (Å²) in [6.07, 6.45) is 5.70. The van der Waals surface area contributed by atoms with Gasteiger partial charge in [0.1, 0.15) is 10.7 Å². The molecule has 1 saturated heterocycles. The summed E-state index contributed by atoms with van der Waals surface area (Å²) < 4.78 is 2.04. The SMILES string of the molecule is Cc1nc2sc3c(c2c2nnc(SCC(=O)N4CCCC4)n12)CC[C@H](C)C3. The van der Waals surface area contributed by atoms with Crippen molar-refractivity contribution in [2.75, 3.05) is 18.8 Å². The third kappa shape index (κ3) is 2.93. The van der Waals surface area contributed by atoms with Crippen molar-refractivity contribution < 1.29 is 4.79 Å². The number of likely N-dealkylation sites (tertiary alicyclic amines) is 1. The van der Waals surface area contributed by atoms with E-state index in [-0.39, 0.29) is 5.91 Å². The molecule has 4 heterocycles. The van der Waals surface area contributed by atoms with Crippen LogP contribution >= 0.6 is 23.1 Å².